The molecule has 1 heterocycles. The largest absolute Gasteiger partial charge is 0.507 e. The Labute approximate surface area is 248 Å². The van der Waals surface area contributed by atoms with Crippen LogP contribution in [0, 0.1) is 20.8 Å². The second-order valence-corrected chi connectivity index (χ2v) is 11.7. The van der Waals surface area contributed by atoms with E-state index in [1.54, 1.807) is 26.2 Å². The standard InChI is InChI=1S/C8H9ClO2S.C8H7F3O.C8H10O.C5H11N.C2H6/c1-6-3-4-7(5-8(6)9)12(2,10)11;1-5-2-3-6(7(12)4-5)8(9,10)11;1-7-4-3-5-8(6-7)9-2;1-6-4-2-3-5-6;1-2/h3-5H,1-2H3;2-4,12H,1H3;3-6H,1-2H3;2-5H2,1H3;1-2H3. The quantitative estimate of drug-likeness (QED) is 0.312. The van der Waals surface area contributed by atoms with Crippen LogP contribution < -0.4 is 4.74 Å². The third-order valence-electron chi connectivity index (χ3n) is 5.58. The maximum absolute atomic E-state index is 12.0. The Kier molecular flexibility index (Phi) is 17.4. The molecule has 0 bridgehead atoms. The minimum Gasteiger partial charge on any atom is -0.507 e. The molecular formula is C31H43ClF3NO4S. The zero-order valence-electron chi connectivity index (χ0n) is 25.1. The summed E-state index contributed by atoms with van der Waals surface area (Å²) in [7, 11) is 0.722. The van der Waals surface area contributed by atoms with Crippen molar-refractivity contribution in [3.63, 3.8) is 0 Å². The molecular weight excluding hydrogens is 575 g/mol. The lowest BCUT2D eigenvalue weighted by atomic mass is 10.1. The van der Waals surface area contributed by atoms with E-state index < -0.39 is 27.3 Å². The number of ether oxygens (including phenoxy) is 1. The number of phenolic OH excluding ortho intramolecular Hbond substituents is 1. The number of aryl methyl sites for hydroxylation is 3. The number of likely N-dealkylation sites (tertiary alicyclic amines) is 1. The van der Waals surface area contributed by atoms with E-state index in [-0.39, 0.29) is 4.90 Å². The molecule has 1 aliphatic rings. The van der Waals surface area contributed by atoms with Crippen molar-refractivity contribution in [2.24, 2.45) is 0 Å². The van der Waals surface area contributed by atoms with Crippen LogP contribution in [0.3, 0.4) is 0 Å². The molecule has 0 aromatic heterocycles. The molecule has 0 spiro atoms. The summed E-state index contributed by atoms with van der Waals surface area (Å²) < 4.78 is 63.1. The van der Waals surface area contributed by atoms with Crippen LogP contribution in [0.25, 0.3) is 0 Å². The van der Waals surface area contributed by atoms with Crippen molar-refractivity contribution < 1.29 is 31.4 Å². The van der Waals surface area contributed by atoms with Gasteiger partial charge in [0.15, 0.2) is 9.84 Å². The first-order valence-corrected chi connectivity index (χ1v) is 15.4. The molecule has 4 rings (SSSR count). The van der Waals surface area contributed by atoms with Gasteiger partial charge in [0.05, 0.1) is 17.6 Å². The third kappa shape index (κ3) is 15.7. The molecule has 3 aromatic carbocycles. The van der Waals surface area contributed by atoms with Crippen LogP contribution in [-0.4, -0.2) is 51.9 Å². The van der Waals surface area contributed by atoms with Crippen molar-refractivity contribution in [2.45, 2.75) is 58.5 Å². The van der Waals surface area contributed by atoms with Crippen molar-refractivity contribution in [1.29, 1.82) is 0 Å². The average Bonchev–Trinajstić information content (AvgIpc) is 3.37. The highest BCUT2D eigenvalue weighted by atomic mass is 35.5. The van der Waals surface area contributed by atoms with E-state index in [4.69, 9.17) is 21.4 Å². The number of nitrogens with zero attached hydrogens (tertiary/aromatic N) is 1. The monoisotopic (exact) mass is 617 g/mol. The molecule has 0 saturated carbocycles. The molecule has 10 heteroatoms. The number of rotatable bonds is 2. The zero-order valence-corrected chi connectivity index (χ0v) is 26.7. The van der Waals surface area contributed by atoms with Gasteiger partial charge in [0.25, 0.3) is 0 Å². The Morgan fingerprint density at radius 1 is 0.902 bits per heavy atom. The Bertz CT molecular complexity index is 1290. The number of hydrogen-bond donors (Lipinski definition) is 1. The van der Waals surface area contributed by atoms with Gasteiger partial charge < -0.3 is 14.7 Å². The first-order chi connectivity index (χ1) is 19.0. The van der Waals surface area contributed by atoms with Crippen molar-refractivity contribution >= 4 is 21.4 Å². The Hall–Kier alpha value is -2.75. The van der Waals surface area contributed by atoms with E-state index >= 15 is 0 Å². The number of alkyl halides is 3. The van der Waals surface area contributed by atoms with Gasteiger partial charge in [-0.3, -0.25) is 0 Å². The van der Waals surface area contributed by atoms with Crippen LogP contribution in [0.1, 0.15) is 48.9 Å². The molecule has 5 nitrogen and oxygen atoms in total. The number of halogens is 4. The number of aromatic hydroxyl groups is 1. The topological polar surface area (TPSA) is 66.8 Å². The highest BCUT2D eigenvalue weighted by Crippen LogP contribution is 2.35. The van der Waals surface area contributed by atoms with E-state index in [1.807, 2.05) is 52.0 Å². The van der Waals surface area contributed by atoms with Gasteiger partial charge in [-0.05, 0) is 107 Å². The molecule has 0 amide bonds. The molecule has 0 aliphatic carbocycles. The van der Waals surface area contributed by atoms with Crippen molar-refractivity contribution in [3.8, 4) is 11.5 Å². The highest BCUT2D eigenvalue weighted by Gasteiger charge is 2.33. The minimum absolute atomic E-state index is 0.262. The summed E-state index contributed by atoms with van der Waals surface area (Å²) >= 11 is 5.76. The Morgan fingerprint density at radius 3 is 1.83 bits per heavy atom. The van der Waals surface area contributed by atoms with E-state index in [1.165, 1.54) is 43.6 Å². The number of phenols is 1. The number of sulfone groups is 1. The lowest BCUT2D eigenvalue weighted by Crippen LogP contribution is -2.10. The maximum atomic E-state index is 12.0. The number of methoxy groups -OCH3 is 1. The van der Waals surface area contributed by atoms with E-state index in [0.717, 1.165) is 29.7 Å². The summed E-state index contributed by atoms with van der Waals surface area (Å²) in [6, 6.07) is 15.9. The van der Waals surface area contributed by atoms with Gasteiger partial charge in [0, 0.05) is 11.3 Å². The van der Waals surface area contributed by atoms with Gasteiger partial charge in [-0.15, -0.1) is 0 Å². The fourth-order valence-corrected chi connectivity index (χ4v) is 4.20. The van der Waals surface area contributed by atoms with E-state index in [0.29, 0.717) is 10.6 Å². The second-order valence-electron chi connectivity index (χ2n) is 9.23. The van der Waals surface area contributed by atoms with Crippen molar-refractivity contribution in [2.75, 3.05) is 33.5 Å². The summed E-state index contributed by atoms with van der Waals surface area (Å²) in [6.07, 6.45) is -0.487. The van der Waals surface area contributed by atoms with Crippen LogP contribution in [0.5, 0.6) is 11.5 Å². The number of benzene rings is 3. The molecule has 1 fully saturated rings. The molecule has 1 N–H and O–H groups in total. The summed E-state index contributed by atoms with van der Waals surface area (Å²) in [5, 5.41) is 9.39. The molecule has 1 aliphatic heterocycles. The van der Waals surface area contributed by atoms with E-state index in [2.05, 4.69) is 11.9 Å². The Morgan fingerprint density at radius 2 is 1.46 bits per heavy atom. The number of hydrogen-bond acceptors (Lipinski definition) is 5. The summed E-state index contributed by atoms with van der Waals surface area (Å²) in [4.78, 5) is 2.62. The smallest absolute Gasteiger partial charge is 0.419 e. The van der Waals surface area contributed by atoms with Crippen LogP contribution in [0.2, 0.25) is 5.02 Å². The van der Waals surface area contributed by atoms with Gasteiger partial charge in [0.2, 0.25) is 0 Å². The fourth-order valence-electron chi connectivity index (χ4n) is 3.30. The first kappa shape index (κ1) is 38.2. The molecule has 41 heavy (non-hydrogen) atoms. The van der Waals surface area contributed by atoms with Crippen molar-refractivity contribution in [1.82, 2.24) is 4.90 Å². The van der Waals surface area contributed by atoms with Gasteiger partial charge in [-0.2, -0.15) is 13.2 Å². The molecule has 0 unspecified atom stereocenters. The summed E-state index contributed by atoms with van der Waals surface area (Å²) in [6.45, 7) is 12.1. The first-order valence-electron chi connectivity index (χ1n) is 13.2. The second kappa shape index (κ2) is 18.6. The highest BCUT2D eigenvalue weighted by molar-refractivity contribution is 7.90. The zero-order chi connectivity index (χ0) is 31.8. The molecule has 3 aromatic rings. The summed E-state index contributed by atoms with van der Waals surface area (Å²) in [5.74, 6) is 0.206. The molecule has 1 saturated heterocycles. The predicted molar refractivity (Wildman–Crippen MR) is 163 cm³/mol. The van der Waals surface area contributed by atoms with Crippen LogP contribution in [-0.2, 0) is 16.0 Å². The molecule has 230 valence electrons. The lowest BCUT2D eigenvalue weighted by molar-refractivity contribution is -0.138. The average molecular weight is 618 g/mol. The third-order valence-corrected chi connectivity index (χ3v) is 7.10. The van der Waals surface area contributed by atoms with Crippen LogP contribution in [0.4, 0.5) is 13.2 Å². The van der Waals surface area contributed by atoms with Gasteiger partial charge in [-0.1, -0.05) is 49.7 Å². The van der Waals surface area contributed by atoms with Gasteiger partial charge in [0.1, 0.15) is 11.5 Å². The van der Waals surface area contributed by atoms with Crippen LogP contribution in [0.15, 0.2) is 65.6 Å². The van der Waals surface area contributed by atoms with Crippen LogP contribution >= 0.6 is 11.6 Å². The van der Waals surface area contributed by atoms with Crippen molar-refractivity contribution in [3.05, 3.63) is 87.9 Å². The maximum Gasteiger partial charge on any atom is 0.419 e. The Balaban J connectivity index is 0.000000522. The van der Waals surface area contributed by atoms with Gasteiger partial charge in [-0.25, -0.2) is 8.42 Å². The molecule has 0 radical (unpaired) electrons. The normalized spacial score (nSPS) is 12.7. The summed E-state index contributed by atoms with van der Waals surface area (Å²) in [5.41, 5.74) is 1.71. The fraction of sp³-hybridized carbons (Fsp3) is 0.419. The minimum atomic E-state index is -4.47. The van der Waals surface area contributed by atoms with E-state index in [9.17, 15) is 21.6 Å². The molecule has 0 atom stereocenters. The van der Waals surface area contributed by atoms with Gasteiger partial charge >= 0.3 is 6.18 Å². The predicted octanol–water partition coefficient (Wildman–Crippen LogP) is 8.51. The lowest BCUT2D eigenvalue weighted by Gasteiger charge is -2.08. The SMILES string of the molecule is CC.CN1CCCC1.COc1cccc(C)c1.Cc1ccc(C(F)(F)F)c(O)c1.Cc1ccc(S(C)(=O)=O)cc1Cl.